The first-order valence-electron chi connectivity index (χ1n) is 18.4. The normalized spacial score (nSPS) is 34.9. The van der Waals surface area contributed by atoms with E-state index in [2.05, 4.69) is 0 Å². The second-order valence-corrected chi connectivity index (χ2v) is 14.2. The molecule has 15 atom stereocenters. The number of benzene rings is 2. The number of carbonyl (C=O) groups excluding carboxylic acids is 2. The molecule has 0 aliphatic carbocycles. The molecule has 4 heterocycles. The van der Waals surface area contributed by atoms with Crippen LogP contribution in [0.25, 0.3) is 22.3 Å². The molecular formula is C38H46O21. The number of rotatable bonds is 12. The Morgan fingerprint density at radius 3 is 2.02 bits per heavy atom. The number of aliphatic hydroxyl groups is 7. The Morgan fingerprint density at radius 1 is 0.695 bits per heavy atom. The zero-order valence-electron chi connectivity index (χ0n) is 32.0. The summed E-state index contributed by atoms with van der Waals surface area (Å²) in [6.45, 7) is 2.41. The van der Waals surface area contributed by atoms with Gasteiger partial charge < -0.3 is 87.9 Å². The topological polar surface area (TPSA) is 309 Å². The summed E-state index contributed by atoms with van der Waals surface area (Å²) in [5.74, 6) is -1.55. The number of phenolic OH excluding ortho intramolecular Hbond substituents is 1. The second kappa shape index (κ2) is 18.4. The molecule has 3 aliphatic rings. The fourth-order valence-electron chi connectivity index (χ4n) is 6.85. The van der Waals surface area contributed by atoms with Crippen molar-refractivity contribution < 1.29 is 97.5 Å². The molecule has 3 aliphatic heterocycles. The first kappa shape index (κ1) is 44.1. The quantitative estimate of drug-likeness (QED) is 0.0931. The lowest BCUT2D eigenvalue weighted by Crippen LogP contribution is -2.65. The molecule has 0 spiro atoms. The number of fused-ring (bicyclic) bond motifs is 1. The van der Waals surface area contributed by atoms with E-state index in [-0.39, 0.29) is 22.5 Å². The molecule has 2 aromatic carbocycles. The van der Waals surface area contributed by atoms with Crippen molar-refractivity contribution >= 4 is 22.9 Å². The summed E-state index contributed by atoms with van der Waals surface area (Å²) >= 11 is 0. The van der Waals surface area contributed by atoms with Crippen LogP contribution in [0.15, 0.2) is 51.7 Å². The minimum Gasteiger partial charge on any atom is -0.507 e. The van der Waals surface area contributed by atoms with Gasteiger partial charge >= 0.3 is 11.9 Å². The predicted molar refractivity (Wildman–Crippen MR) is 193 cm³/mol. The van der Waals surface area contributed by atoms with Gasteiger partial charge in [0, 0.05) is 37.6 Å². The Balaban J connectivity index is 1.21. The monoisotopic (exact) mass is 838 g/mol. The molecule has 324 valence electrons. The minimum atomic E-state index is -2.00. The van der Waals surface area contributed by atoms with Crippen LogP contribution in [-0.4, -0.2) is 165 Å². The molecular weight excluding hydrogens is 792 g/mol. The lowest BCUT2D eigenvalue weighted by Gasteiger charge is -2.46. The molecule has 6 rings (SSSR count). The van der Waals surface area contributed by atoms with Crippen LogP contribution in [-0.2, 0) is 42.7 Å². The van der Waals surface area contributed by atoms with Crippen LogP contribution >= 0.6 is 0 Å². The van der Waals surface area contributed by atoms with Gasteiger partial charge in [0.05, 0.1) is 19.8 Å². The fraction of sp³-hybridized carbons (Fsp3) is 0.553. The third-order valence-corrected chi connectivity index (χ3v) is 9.97. The number of methoxy groups -OCH3 is 1. The highest BCUT2D eigenvalue weighted by Gasteiger charge is 2.52. The molecule has 3 fully saturated rings. The number of carbonyl (C=O) groups is 2. The Bertz CT molecular complexity index is 1990. The Hall–Kier alpha value is -4.49. The van der Waals surface area contributed by atoms with Crippen molar-refractivity contribution in [3.8, 4) is 28.6 Å². The molecule has 0 saturated carbocycles. The van der Waals surface area contributed by atoms with E-state index in [1.165, 1.54) is 26.2 Å². The number of hydrogen-bond donors (Lipinski definition) is 8. The van der Waals surface area contributed by atoms with E-state index in [0.717, 1.165) is 19.9 Å². The first-order chi connectivity index (χ1) is 28.0. The van der Waals surface area contributed by atoms with Crippen molar-refractivity contribution in [2.45, 2.75) is 113 Å². The molecule has 0 bridgehead atoms. The summed E-state index contributed by atoms with van der Waals surface area (Å²) in [5.41, 5.74) is -0.199. The van der Waals surface area contributed by atoms with Crippen molar-refractivity contribution in [2.75, 3.05) is 20.3 Å². The summed E-state index contributed by atoms with van der Waals surface area (Å²) < 4.78 is 55.5. The highest BCUT2D eigenvalue weighted by atomic mass is 16.8. The van der Waals surface area contributed by atoms with E-state index in [0.29, 0.717) is 11.3 Å². The van der Waals surface area contributed by atoms with Gasteiger partial charge in [-0.3, -0.25) is 14.4 Å². The van der Waals surface area contributed by atoms with Gasteiger partial charge in [-0.05, 0) is 31.2 Å². The average Bonchev–Trinajstić information content (AvgIpc) is 3.19. The van der Waals surface area contributed by atoms with Gasteiger partial charge in [-0.2, -0.15) is 0 Å². The van der Waals surface area contributed by atoms with Crippen LogP contribution in [0, 0.1) is 0 Å². The van der Waals surface area contributed by atoms with Crippen molar-refractivity contribution in [3.63, 3.8) is 0 Å². The standard InChI is InChI=1S/C38H46O21/c1-14-34(54-16(3)40)30(46)32(48)36(53-14)52-13-24-27(43)29(45)31(47)37(57-24)59-35-28(44)25(12-51-15(2)39)58-38(33(35)49)55-19-9-20(41)26-21(42)11-22(56-23(26)10-19)17-5-7-18(50-4)8-6-17/h5-11,14,24-25,27-38,41,43-49H,12-13H2,1-4H3. The van der Waals surface area contributed by atoms with E-state index in [1.807, 2.05) is 0 Å². The maximum atomic E-state index is 13.1. The van der Waals surface area contributed by atoms with Crippen LogP contribution < -0.4 is 14.9 Å². The van der Waals surface area contributed by atoms with Crippen molar-refractivity contribution in [1.29, 1.82) is 0 Å². The van der Waals surface area contributed by atoms with E-state index in [1.54, 1.807) is 24.3 Å². The van der Waals surface area contributed by atoms with Gasteiger partial charge in [0.15, 0.2) is 24.1 Å². The van der Waals surface area contributed by atoms with E-state index in [4.69, 9.17) is 47.0 Å². The van der Waals surface area contributed by atoms with Crippen molar-refractivity contribution in [1.82, 2.24) is 0 Å². The number of esters is 2. The molecule has 59 heavy (non-hydrogen) atoms. The van der Waals surface area contributed by atoms with E-state index < -0.39 is 128 Å². The van der Waals surface area contributed by atoms with Crippen LogP contribution in [0.1, 0.15) is 20.8 Å². The van der Waals surface area contributed by atoms with Gasteiger partial charge in [0.2, 0.25) is 6.29 Å². The molecule has 0 amide bonds. The van der Waals surface area contributed by atoms with Gasteiger partial charge in [-0.25, -0.2) is 0 Å². The average molecular weight is 839 g/mol. The predicted octanol–water partition coefficient (Wildman–Crippen LogP) is -1.83. The van der Waals surface area contributed by atoms with Crippen LogP contribution in [0.3, 0.4) is 0 Å². The van der Waals surface area contributed by atoms with Gasteiger partial charge in [0.25, 0.3) is 0 Å². The summed E-state index contributed by atoms with van der Waals surface area (Å²) in [5, 5.41) is 86.9. The lowest BCUT2D eigenvalue weighted by atomic mass is 9.96. The number of aromatic hydroxyl groups is 1. The number of phenols is 1. The van der Waals surface area contributed by atoms with Gasteiger partial charge in [0.1, 0.15) is 102 Å². The molecule has 0 radical (unpaired) electrons. The molecule has 1 aromatic heterocycles. The van der Waals surface area contributed by atoms with Crippen LogP contribution in [0.4, 0.5) is 0 Å². The van der Waals surface area contributed by atoms with E-state index >= 15 is 0 Å². The Labute approximate surface area is 334 Å². The van der Waals surface area contributed by atoms with Crippen molar-refractivity contribution in [3.05, 3.63) is 52.7 Å². The molecule has 3 saturated heterocycles. The van der Waals surface area contributed by atoms with Gasteiger partial charge in [-0.1, -0.05) is 0 Å². The first-order valence-corrected chi connectivity index (χ1v) is 18.4. The molecule has 21 nitrogen and oxygen atoms in total. The summed E-state index contributed by atoms with van der Waals surface area (Å²) in [7, 11) is 1.49. The van der Waals surface area contributed by atoms with Crippen molar-refractivity contribution in [2.24, 2.45) is 0 Å². The Morgan fingerprint density at radius 2 is 1.36 bits per heavy atom. The summed E-state index contributed by atoms with van der Waals surface area (Å²) in [6, 6.07) is 10.1. The molecule has 15 unspecified atom stereocenters. The lowest BCUT2D eigenvalue weighted by molar-refractivity contribution is -0.360. The third kappa shape index (κ3) is 9.62. The number of hydrogen-bond acceptors (Lipinski definition) is 21. The largest absolute Gasteiger partial charge is 0.507 e. The fourth-order valence-corrected chi connectivity index (χ4v) is 6.85. The summed E-state index contributed by atoms with van der Waals surface area (Å²) in [4.78, 5) is 36.2. The zero-order chi connectivity index (χ0) is 42.9. The zero-order valence-corrected chi connectivity index (χ0v) is 32.0. The van der Waals surface area contributed by atoms with Crippen LogP contribution in [0.2, 0.25) is 0 Å². The highest BCUT2D eigenvalue weighted by molar-refractivity contribution is 5.86. The number of aliphatic hydroxyl groups excluding tert-OH is 7. The molecule has 21 heteroatoms. The third-order valence-electron chi connectivity index (χ3n) is 9.97. The summed E-state index contributed by atoms with van der Waals surface area (Å²) in [6.07, 6.45) is -25.1. The smallest absolute Gasteiger partial charge is 0.303 e. The Kier molecular flexibility index (Phi) is 13.8. The van der Waals surface area contributed by atoms with E-state index in [9.17, 15) is 55.2 Å². The second-order valence-electron chi connectivity index (χ2n) is 14.2. The SMILES string of the molecule is COc1ccc(-c2cc(=O)c3c(O)cc(OC4OC(COC(C)=O)C(O)C(OC5OC(COC6OC(C)C(OC(C)=O)C(O)C6O)C(O)C(O)C5O)C4O)cc3o2)cc1. The molecule has 8 N–H and O–H groups in total. The van der Waals surface area contributed by atoms with Crippen LogP contribution in [0.5, 0.6) is 17.2 Å². The molecule has 3 aromatic rings. The number of ether oxygens (including phenoxy) is 9. The van der Waals surface area contributed by atoms with Gasteiger partial charge in [-0.15, -0.1) is 0 Å². The minimum absolute atomic E-state index is 0.119. The maximum Gasteiger partial charge on any atom is 0.303 e. The maximum absolute atomic E-state index is 13.1. The highest BCUT2D eigenvalue weighted by Crippen LogP contribution is 2.35.